The number of sulfonamides is 1. The molecule has 0 bridgehead atoms. The van der Waals surface area contributed by atoms with Gasteiger partial charge in [-0.25, -0.2) is 12.8 Å². The number of carboxylic acids is 1. The molecule has 0 aliphatic heterocycles. The van der Waals surface area contributed by atoms with Crippen molar-refractivity contribution in [3.05, 3.63) is 53.8 Å². The second kappa shape index (κ2) is 6.66. The lowest BCUT2D eigenvalue weighted by molar-refractivity contribution is -0.136. The summed E-state index contributed by atoms with van der Waals surface area (Å²) in [6.07, 6.45) is -0.397. The third kappa shape index (κ3) is 3.98. The molecule has 2 aromatic rings. The summed E-state index contributed by atoms with van der Waals surface area (Å²) in [7, 11) is -2.70. The number of methoxy groups -OCH3 is 1. The molecule has 0 unspecified atom stereocenters. The lowest BCUT2D eigenvalue weighted by Gasteiger charge is -2.12. The van der Waals surface area contributed by atoms with E-state index in [4.69, 9.17) is 9.84 Å². The number of carboxylic acid groups (broad SMARTS) is 1. The Bertz CT molecular complexity index is 836. The van der Waals surface area contributed by atoms with Gasteiger partial charge in [-0.05, 0) is 30.3 Å². The van der Waals surface area contributed by atoms with Gasteiger partial charge in [-0.2, -0.15) is 0 Å². The standard InChI is InChI=1S/C15H14FNO5S/c1-22-14-7-6-11(8-10(14)9-15(18)19)23(20,21)17-13-5-3-2-4-12(13)16/h2-8,17H,9H2,1H3,(H,18,19). The highest BCUT2D eigenvalue weighted by atomic mass is 32.2. The molecule has 2 rings (SSSR count). The van der Waals surface area contributed by atoms with E-state index in [0.29, 0.717) is 0 Å². The van der Waals surface area contributed by atoms with Gasteiger partial charge in [-0.3, -0.25) is 9.52 Å². The third-order valence-corrected chi connectivity index (χ3v) is 4.39. The van der Waals surface area contributed by atoms with Crippen molar-refractivity contribution >= 4 is 21.7 Å². The number of hydrogen-bond acceptors (Lipinski definition) is 4. The number of rotatable bonds is 6. The minimum atomic E-state index is -4.06. The molecular formula is C15H14FNO5S. The van der Waals surface area contributed by atoms with Crippen LogP contribution in [0.4, 0.5) is 10.1 Å². The van der Waals surface area contributed by atoms with Gasteiger partial charge in [0, 0.05) is 5.56 Å². The van der Waals surface area contributed by atoms with Crippen LogP contribution in [0.2, 0.25) is 0 Å². The van der Waals surface area contributed by atoms with E-state index in [-0.39, 0.29) is 21.9 Å². The van der Waals surface area contributed by atoms with Crippen molar-refractivity contribution in [3.8, 4) is 5.75 Å². The molecule has 0 amide bonds. The minimum absolute atomic E-state index is 0.183. The van der Waals surface area contributed by atoms with Crippen molar-refractivity contribution in [2.24, 2.45) is 0 Å². The predicted octanol–water partition coefficient (Wildman–Crippen LogP) is 2.26. The minimum Gasteiger partial charge on any atom is -0.496 e. The van der Waals surface area contributed by atoms with E-state index in [9.17, 15) is 17.6 Å². The summed E-state index contributed by atoms with van der Waals surface area (Å²) in [6.45, 7) is 0. The molecule has 0 atom stereocenters. The number of hydrogen-bond donors (Lipinski definition) is 2. The van der Waals surface area contributed by atoms with Gasteiger partial charge < -0.3 is 9.84 Å². The zero-order valence-corrected chi connectivity index (χ0v) is 12.9. The normalized spacial score (nSPS) is 11.0. The Labute approximate surface area is 132 Å². The van der Waals surface area contributed by atoms with Gasteiger partial charge in [0.05, 0.1) is 24.1 Å². The van der Waals surface area contributed by atoms with Crippen LogP contribution in [0.5, 0.6) is 5.75 Å². The van der Waals surface area contributed by atoms with E-state index in [1.54, 1.807) is 0 Å². The fraction of sp³-hybridized carbons (Fsp3) is 0.133. The number of anilines is 1. The Hall–Kier alpha value is -2.61. The van der Waals surface area contributed by atoms with E-state index >= 15 is 0 Å². The molecule has 0 heterocycles. The summed E-state index contributed by atoms with van der Waals surface area (Å²) in [5.74, 6) is -1.58. The molecule has 2 N–H and O–H groups in total. The smallest absolute Gasteiger partial charge is 0.307 e. The molecule has 2 aromatic carbocycles. The molecule has 0 radical (unpaired) electrons. The number of para-hydroxylation sites is 1. The number of carbonyl (C=O) groups is 1. The number of nitrogens with one attached hydrogen (secondary N) is 1. The third-order valence-electron chi connectivity index (χ3n) is 3.02. The van der Waals surface area contributed by atoms with Crippen LogP contribution < -0.4 is 9.46 Å². The van der Waals surface area contributed by atoms with Gasteiger partial charge in [-0.1, -0.05) is 12.1 Å². The average molecular weight is 339 g/mol. The van der Waals surface area contributed by atoms with Gasteiger partial charge >= 0.3 is 5.97 Å². The van der Waals surface area contributed by atoms with Crippen LogP contribution in [-0.2, 0) is 21.2 Å². The summed E-state index contributed by atoms with van der Waals surface area (Å²) in [5, 5.41) is 8.88. The Morgan fingerprint density at radius 2 is 1.96 bits per heavy atom. The molecule has 0 aliphatic carbocycles. The fourth-order valence-electron chi connectivity index (χ4n) is 1.97. The van der Waals surface area contributed by atoms with Crippen LogP contribution in [0, 0.1) is 5.82 Å². The van der Waals surface area contributed by atoms with E-state index in [1.165, 1.54) is 43.5 Å². The average Bonchev–Trinajstić information content (AvgIpc) is 2.49. The first-order chi connectivity index (χ1) is 10.8. The maximum absolute atomic E-state index is 13.6. The number of aliphatic carboxylic acids is 1. The van der Waals surface area contributed by atoms with Gasteiger partial charge in [0.2, 0.25) is 0 Å². The van der Waals surface area contributed by atoms with Crippen LogP contribution in [0.1, 0.15) is 5.56 Å². The van der Waals surface area contributed by atoms with Crippen molar-refractivity contribution in [1.82, 2.24) is 0 Å². The van der Waals surface area contributed by atoms with Crippen LogP contribution >= 0.6 is 0 Å². The van der Waals surface area contributed by atoms with Crippen molar-refractivity contribution in [3.63, 3.8) is 0 Å². The lowest BCUT2D eigenvalue weighted by Crippen LogP contribution is -2.15. The van der Waals surface area contributed by atoms with E-state index < -0.39 is 28.2 Å². The summed E-state index contributed by atoms with van der Waals surface area (Å²) in [5.41, 5.74) is 0.0134. The summed E-state index contributed by atoms with van der Waals surface area (Å²) in [6, 6.07) is 9.14. The van der Waals surface area contributed by atoms with Crippen molar-refractivity contribution in [1.29, 1.82) is 0 Å². The molecule has 6 nitrogen and oxygen atoms in total. The zero-order chi connectivity index (χ0) is 17.0. The first kappa shape index (κ1) is 16.8. The van der Waals surface area contributed by atoms with Crippen LogP contribution in [0.3, 0.4) is 0 Å². The molecule has 122 valence electrons. The first-order valence-corrected chi connectivity index (χ1v) is 7.98. The zero-order valence-electron chi connectivity index (χ0n) is 12.1. The molecular weight excluding hydrogens is 325 g/mol. The van der Waals surface area contributed by atoms with Crippen LogP contribution in [0.15, 0.2) is 47.4 Å². The van der Waals surface area contributed by atoms with Crippen LogP contribution in [-0.4, -0.2) is 26.6 Å². The molecule has 23 heavy (non-hydrogen) atoms. The summed E-state index contributed by atoms with van der Waals surface area (Å²) >= 11 is 0. The highest BCUT2D eigenvalue weighted by Crippen LogP contribution is 2.25. The summed E-state index contributed by atoms with van der Waals surface area (Å²) in [4.78, 5) is 10.7. The van der Waals surface area contributed by atoms with E-state index in [1.807, 2.05) is 0 Å². The Morgan fingerprint density at radius 1 is 1.26 bits per heavy atom. The Kier molecular flexibility index (Phi) is 4.85. The second-order valence-electron chi connectivity index (χ2n) is 4.63. The highest BCUT2D eigenvalue weighted by Gasteiger charge is 2.19. The Morgan fingerprint density at radius 3 is 2.57 bits per heavy atom. The predicted molar refractivity (Wildman–Crippen MR) is 81.5 cm³/mol. The maximum Gasteiger partial charge on any atom is 0.307 e. The molecule has 0 fully saturated rings. The van der Waals surface area contributed by atoms with E-state index in [2.05, 4.69) is 4.72 Å². The van der Waals surface area contributed by atoms with Gasteiger partial charge in [-0.15, -0.1) is 0 Å². The van der Waals surface area contributed by atoms with Crippen molar-refractivity contribution in [2.75, 3.05) is 11.8 Å². The quantitative estimate of drug-likeness (QED) is 0.842. The molecule has 0 aromatic heterocycles. The molecule has 8 heteroatoms. The van der Waals surface area contributed by atoms with Gasteiger partial charge in [0.1, 0.15) is 11.6 Å². The topological polar surface area (TPSA) is 92.7 Å². The van der Waals surface area contributed by atoms with Crippen molar-refractivity contribution in [2.45, 2.75) is 11.3 Å². The number of ether oxygens (including phenoxy) is 1. The largest absolute Gasteiger partial charge is 0.496 e. The number of benzene rings is 2. The second-order valence-corrected chi connectivity index (χ2v) is 6.31. The molecule has 0 saturated carbocycles. The fourth-order valence-corrected chi connectivity index (χ4v) is 3.09. The molecule has 0 spiro atoms. The van der Waals surface area contributed by atoms with Gasteiger partial charge in [0.25, 0.3) is 10.0 Å². The van der Waals surface area contributed by atoms with Gasteiger partial charge in [0.15, 0.2) is 0 Å². The molecule has 0 aliphatic rings. The van der Waals surface area contributed by atoms with Crippen LogP contribution in [0.25, 0.3) is 0 Å². The monoisotopic (exact) mass is 339 g/mol. The first-order valence-electron chi connectivity index (χ1n) is 6.49. The lowest BCUT2D eigenvalue weighted by atomic mass is 10.1. The van der Waals surface area contributed by atoms with E-state index in [0.717, 1.165) is 6.07 Å². The Balaban J connectivity index is 2.40. The maximum atomic E-state index is 13.6. The SMILES string of the molecule is COc1ccc(S(=O)(=O)Nc2ccccc2F)cc1CC(=O)O. The van der Waals surface area contributed by atoms with Crippen molar-refractivity contribution < 1.29 is 27.4 Å². The number of halogens is 1. The molecule has 0 saturated heterocycles. The highest BCUT2D eigenvalue weighted by molar-refractivity contribution is 7.92. The summed E-state index contributed by atoms with van der Waals surface area (Å²) < 4.78 is 45.4.